The zero-order chi connectivity index (χ0) is 11.8. The third kappa shape index (κ3) is 1.65. The van der Waals surface area contributed by atoms with Crippen LogP contribution in [-0.2, 0) is 10.3 Å². The molecule has 1 atom stereocenters. The Labute approximate surface area is 94.8 Å². The maximum absolute atomic E-state index is 5.73. The van der Waals surface area contributed by atoms with Crippen molar-refractivity contribution in [2.45, 2.75) is 25.9 Å². The number of imidazole rings is 1. The SMILES string of the molecule is CCC(C)(OC)c1nc2ccc(N)cc2[nH]1. The van der Waals surface area contributed by atoms with Crippen LogP contribution in [0.2, 0.25) is 0 Å². The van der Waals surface area contributed by atoms with Gasteiger partial charge in [0.25, 0.3) is 0 Å². The quantitative estimate of drug-likeness (QED) is 0.779. The normalized spacial score (nSPS) is 15.2. The number of nitrogens with two attached hydrogens (primary N) is 1. The minimum atomic E-state index is -0.367. The van der Waals surface area contributed by atoms with Crippen molar-refractivity contribution in [3.8, 4) is 0 Å². The van der Waals surface area contributed by atoms with E-state index >= 15 is 0 Å². The van der Waals surface area contributed by atoms with Crippen LogP contribution in [0.4, 0.5) is 5.69 Å². The number of ether oxygens (including phenoxy) is 1. The molecule has 86 valence electrons. The van der Waals surface area contributed by atoms with Gasteiger partial charge in [0.2, 0.25) is 0 Å². The fourth-order valence-electron chi connectivity index (χ4n) is 1.69. The first-order chi connectivity index (χ1) is 7.59. The molecule has 4 heteroatoms. The average Bonchev–Trinajstić information content (AvgIpc) is 2.71. The van der Waals surface area contributed by atoms with Gasteiger partial charge in [0, 0.05) is 12.8 Å². The smallest absolute Gasteiger partial charge is 0.139 e. The number of nitrogen functional groups attached to an aromatic ring is 1. The van der Waals surface area contributed by atoms with Crippen LogP contribution in [0.15, 0.2) is 18.2 Å². The van der Waals surface area contributed by atoms with Gasteiger partial charge in [0.1, 0.15) is 11.4 Å². The van der Waals surface area contributed by atoms with Gasteiger partial charge in [0.15, 0.2) is 0 Å². The lowest BCUT2D eigenvalue weighted by Gasteiger charge is -2.23. The highest BCUT2D eigenvalue weighted by atomic mass is 16.5. The van der Waals surface area contributed by atoms with Crippen molar-refractivity contribution in [2.75, 3.05) is 12.8 Å². The van der Waals surface area contributed by atoms with Crippen LogP contribution in [0, 0.1) is 0 Å². The minimum absolute atomic E-state index is 0.367. The van der Waals surface area contributed by atoms with Crippen molar-refractivity contribution < 1.29 is 4.74 Å². The Bertz CT molecular complexity index is 500. The second kappa shape index (κ2) is 3.79. The molecule has 2 aromatic rings. The highest BCUT2D eigenvalue weighted by Crippen LogP contribution is 2.28. The first-order valence-electron chi connectivity index (χ1n) is 5.40. The van der Waals surface area contributed by atoms with Gasteiger partial charge in [-0.05, 0) is 31.5 Å². The highest BCUT2D eigenvalue weighted by Gasteiger charge is 2.27. The summed E-state index contributed by atoms with van der Waals surface area (Å²) in [7, 11) is 1.70. The largest absolute Gasteiger partial charge is 0.399 e. The van der Waals surface area contributed by atoms with Crippen LogP contribution in [0.25, 0.3) is 11.0 Å². The number of aromatic nitrogens is 2. The first kappa shape index (κ1) is 11.0. The Morgan fingerprint density at radius 3 is 2.88 bits per heavy atom. The van der Waals surface area contributed by atoms with Crippen molar-refractivity contribution in [1.29, 1.82) is 0 Å². The number of hydrogen-bond donors (Lipinski definition) is 2. The number of nitrogens with zero attached hydrogens (tertiary/aromatic N) is 1. The predicted octanol–water partition coefficient (Wildman–Crippen LogP) is 2.42. The summed E-state index contributed by atoms with van der Waals surface area (Å²) in [6.07, 6.45) is 0.860. The summed E-state index contributed by atoms with van der Waals surface area (Å²) in [5.74, 6) is 0.845. The van der Waals surface area contributed by atoms with E-state index in [0.29, 0.717) is 0 Å². The molecule has 1 aromatic heterocycles. The summed E-state index contributed by atoms with van der Waals surface area (Å²) in [4.78, 5) is 7.79. The predicted molar refractivity (Wildman–Crippen MR) is 65.2 cm³/mol. The number of rotatable bonds is 3. The molecule has 0 saturated carbocycles. The first-order valence-corrected chi connectivity index (χ1v) is 5.40. The van der Waals surface area contributed by atoms with Gasteiger partial charge >= 0.3 is 0 Å². The third-order valence-corrected chi connectivity index (χ3v) is 3.13. The lowest BCUT2D eigenvalue weighted by Crippen LogP contribution is -2.24. The number of hydrogen-bond acceptors (Lipinski definition) is 3. The number of methoxy groups -OCH3 is 1. The summed E-state index contributed by atoms with van der Waals surface area (Å²) >= 11 is 0. The molecule has 0 saturated heterocycles. The molecule has 3 N–H and O–H groups in total. The van der Waals surface area contributed by atoms with Gasteiger partial charge in [-0.3, -0.25) is 0 Å². The Balaban J connectivity index is 2.54. The zero-order valence-corrected chi connectivity index (χ0v) is 9.87. The second-order valence-electron chi connectivity index (χ2n) is 4.15. The molecule has 2 rings (SSSR count). The molecule has 0 fully saturated rings. The van der Waals surface area contributed by atoms with Crippen LogP contribution in [0.3, 0.4) is 0 Å². The van der Waals surface area contributed by atoms with Crippen LogP contribution in [0.5, 0.6) is 0 Å². The van der Waals surface area contributed by atoms with E-state index in [9.17, 15) is 0 Å². The van der Waals surface area contributed by atoms with Crippen LogP contribution < -0.4 is 5.73 Å². The molecular formula is C12H17N3O. The maximum atomic E-state index is 5.73. The number of H-pyrrole nitrogens is 1. The molecule has 0 aliphatic carbocycles. The van der Waals surface area contributed by atoms with Crippen LogP contribution >= 0.6 is 0 Å². The van der Waals surface area contributed by atoms with Crippen LogP contribution in [0.1, 0.15) is 26.1 Å². The number of aromatic amines is 1. The van der Waals surface area contributed by atoms with E-state index in [1.165, 1.54) is 0 Å². The molecule has 0 aliphatic heterocycles. The van der Waals surface area contributed by atoms with Gasteiger partial charge in [-0.15, -0.1) is 0 Å². The van der Waals surface area contributed by atoms with E-state index < -0.39 is 0 Å². The van der Waals surface area contributed by atoms with Crippen molar-refractivity contribution in [3.05, 3.63) is 24.0 Å². The highest BCUT2D eigenvalue weighted by molar-refractivity contribution is 5.78. The Kier molecular flexibility index (Phi) is 2.59. The molecule has 0 amide bonds. The lowest BCUT2D eigenvalue weighted by atomic mass is 10.0. The Morgan fingerprint density at radius 1 is 1.50 bits per heavy atom. The fourth-order valence-corrected chi connectivity index (χ4v) is 1.69. The average molecular weight is 219 g/mol. The molecule has 0 spiro atoms. The topological polar surface area (TPSA) is 63.9 Å². The molecule has 1 aromatic carbocycles. The second-order valence-corrected chi connectivity index (χ2v) is 4.15. The lowest BCUT2D eigenvalue weighted by molar-refractivity contribution is -0.00803. The van der Waals surface area contributed by atoms with Gasteiger partial charge in [-0.1, -0.05) is 6.92 Å². The summed E-state index contributed by atoms with van der Waals surface area (Å²) < 4.78 is 5.51. The third-order valence-electron chi connectivity index (χ3n) is 3.13. The van der Waals surface area contributed by atoms with Gasteiger partial charge in [-0.2, -0.15) is 0 Å². The molecule has 1 heterocycles. The van der Waals surface area contributed by atoms with E-state index in [2.05, 4.69) is 16.9 Å². The summed E-state index contributed by atoms with van der Waals surface area (Å²) in [5, 5.41) is 0. The molecule has 0 bridgehead atoms. The number of anilines is 1. The number of benzene rings is 1. The molecule has 4 nitrogen and oxygen atoms in total. The Morgan fingerprint density at radius 2 is 2.25 bits per heavy atom. The molecule has 0 aliphatic rings. The van der Waals surface area contributed by atoms with E-state index in [1.807, 2.05) is 25.1 Å². The van der Waals surface area contributed by atoms with Gasteiger partial charge in [0.05, 0.1) is 11.0 Å². The molecule has 16 heavy (non-hydrogen) atoms. The number of nitrogens with one attached hydrogen (secondary N) is 1. The zero-order valence-electron chi connectivity index (χ0n) is 9.87. The van der Waals surface area contributed by atoms with Gasteiger partial charge < -0.3 is 15.5 Å². The van der Waals surface area contributed by atoms with E-state index in [0.717, 1.165) is 29.0 Å². The molecular weight excluding hydrogens is 202 g/mol. The molecule has 0 radical (unpaired) electrons. The van der Waals surface area contributed by atoms with E-state index in [4.69, 9.17) is 10.5 Å². The fraction of sp³-hybridized carbons (Fsp3) is 0.417. The van der Waals surface area contributed by atoms with Gasteiger partial charge in [-0.25, -0.2) is 4.98 Å². The van der Waals surface area contributed by atoms with Crippen molar-refractivity contribution in [1.82, 2.24) is 9.97 Å². The maximum Gasteiger partial charge on any atom is 0.139 e. The summed E-state index contributed by atoms with van der Waals surface area (Å²) in [5.41, 5.74) is 7.96. The monoisotopic (exact) mass is 219 g/mol. The van der Waals surface area contributed by atoms with E-state index in [-0.39, 0.29) is 5.60 Å². The Hall–Kier alpha value is -1.55. The minimum Gasteiger partial charge on any atom is -0.399 e. The summed E-state index contributed by atoms with van der Waals surface area (Å²) in [6.45, 7) is 4.10. The van der Waals surface area contributed by atoms with Crippen molar-refractivity contribution in [2.24, 2.45) is 0 Å². The standard InChI is InChI=1S/C12H17N3O/c1-4-12(2,16-3)11-14-9-6-5-8(13)7-10(9)15-11/h5-7H,4,13H2,1-3H3,(H,14,15). The van der Waals surface area contributed by atoms with Crippen molar-refractivity contribution in [3.63, 3.8) is 0 Å². The number of fused-ring (bicyclic) bond motifs is 1. The van der Waals surface area contributed by atoms with Crippen molar-refractivity contribution >= 4 is 16.7 Å². The summed E-state index contributed by atoms with van der Waals surface area (Å²) in [6, 6.07) is 5.65. The van der Waals surface area contributed by atoms with Crippen LogP contribution in [-0.4, -0.2) is 17.1 Å². The molecule has 1 unspecified atom stereocenters. The van der Waals surface area contributed by atoms with E-state index in [1.54, 1.807) is 7.11 Å².